The molecule has 2 rings (SSSR count). The van der Waals surface area contributed by atoms with E-state index in [2.05, 4.69) is 5.43 Å². The predicted molar refractivity (Wildman–Crippen MR) is 76.8 cm³/mol. The lowest BCUT2D eigenvalue weighted by Crippen LogP contribution is -2.50. The minimum atomic E-state index is -0.553. The van der Waals surface area contributed by atoms with E-state index in [1.165, 1.54) is 18.2 Å². The molecular formula is C13H18N4O4. The number of nitrogen functional groups attached to an aromatic ring is 1. The highest BCUT2D eigenvalue weighted by atomic mass is 16.6. The zero-order chi connectivity index (χ0) is 15.6. The van der Waals surface area contributed by atoms with Crippen LogP contribution < -0.4 is 11.3 Å². The van der Waals surface area contributed by atoms with Crippen LogP contribution >= 0.6 is 0 Å². The molecule has 1 fully saturated rings. The number of carbonyl (C=O) groups is 1. The standard InChI is InChI=1S/C13H18N4O4/c1-8-7-21-9(2)6-16(8)13(18)10-3-4-12(17(19)20)11(5-10)15-14/h3-5,8-9,15H,6-7,14H2,1-2H3. The number of hydrogen-bond acceptors (Lipinski definition) is 6. The molecule has 1 aromatic rings. The summed E-state index contributed by atoms with van der Waals surface area (Å²) in [5, 5.41) is 10.9. The van der Waals surface area contributed by atoms with Gasteiger partial charge in [0.05, 0.1) is 23.7 Å². The Morgan fingerprint density at radius 3 is 2.86 bits per heavy atom. The van der Waals surface area contributed by atoms with Crippen LogP contribution in [0.15, 0.2) is 18.2 Å². The molecule has 0 spiro atoms. The van der Waals surface area contributed by atoms with Gasteiger partial charge in [-0.25, -0.2) is 0 Å². The molecular weight excluding hydrogens is 276 g/mol. The Hall–Kier alpha value is -2.19. The number of amides is 1. The lowest BCUT2D eigenvalue weighted by atomic mass is 10.1. The number of morpholine rings is 1. The van der Waals surface area contributed by atoms with E-state index < -0.39 is 4.92 Å². The van der Waals surface area contributed by atoms with E-state index >= 15 is 0 Å². The number of benzene rings is 1. The first kappa shape index (κ1) is 15.2. The summed E-state index contributed by atoms with van der Waals surface area (Å²) in [7, 11) is 0. The van der Waals surface area contributed by atoms with Crippen LogP contribution in [0, 0.1) is 10.1 Å². The fourth-order valence-electron chi connectivity index (χ4n) is 2.30. The molecule has 1 amide bonds. The normalized spacial score (nSPS) is 22.0. The molecule has 3 N–H and O–H groups in total. The van der Waals surface area contributed by atoms with Crippen LogP contribution in [0.5, 0.6) is 0 Å². The van der Waals surface area contributed by atoms with Gasteiger partial charge >= 0.3 is 0 Å². The van der Waals surface area contributed by atoms with Gasteiger partial charge in [-0.05, 0) is 26.0 Å². The van der Waals surface area contributed by atoms with Crippen molar-refractivity contribution in [3.63, 3.8) is 0 Å². The summed E-state index contributed by atoms with van der Waals surface area (Å²) in [6, 6.07) is 4.07. The molecule has 114 valence electrons. The largest absolute Gasteiger partial charge is 0.375 e. The Morgan fingerprint density at radius 2 is 2.24 bits per heavy atom. The topological polar surface area (TPSA) is 111 Å². The van der Waals surface area contributed by atoms with Crippen molar-refractivity contribution >= 4 is 17.3 Å². The molecule has 1 saturated heterocycles. The van der Waals surface area contributed by atoms with E-state index in [9.17, 15) is 14.9 Å². The van der Waals surface area contributed by atoms with Crippen LogP contribution in [0.4, 0.5) is 11.4 Å². The van der Waals surface area contributed by atoms with Crippen molar-refractivity contribution in [2.45, 2.75) is 26.0 Å². The Labute approximate surface area is 122 Å². The van der Waals surface area contributed by atoms with E-state index in [4.69, 9.17) is 10.6 Å². The Balaban J connectivity index is 2.28. The van der Waals surface area contributed by atoms with Gasteiger partial charge in [0.25, 0.3) is 11.6 Å². The average Bonchev–Trinajstić information content (AvgIpc) is 2.48. The number of carbonyl (C=O) groups excluding carboxylic acids is 1. The molecule has 8 nitrogen and oxygen atoms in total. The van der Waals surface area contributed by atoms with Crippen LogP contribution in [0.2, 0.25) is 0 Å². The summed E-state index contributed by atoms with van der Waals surface area (Å²) < 4.78 is 5.49. The molecule has 1 aliphatic heterocycles. The maximum Gasteiger partial charge on any atom is 0.293 e. The zero-order valence-electron chi connectivity index (χ0n) is 11.9. The number of hydrogen-bond donors (Lipinski definition) is 2. The maximum absolute atomic E-state index is 12.5. The molecule has 0 aromatic heterocycles. The molecule has 2 atom stereocenters. The Kier molecular flexibility index (Phi) is 4.39. The Morgan fingerprint density at radius 1 is 1.52 bits per heavy atom. The molecule has 8 heteroatoms. The van der Waals surface area contributed by atoms with Crippen LogP contribution in [0.3, 0.4) is 0 Å². The lowest BCUT2D eigenvalue weighted by molar-refractivity contribution is -0.384. The minimum absolute atomic E-state index is 0.0321. The number of ether oxygens (including phenoxy) is 1. The summed E-state index contributed by atoms with van der Waals surface area (Å²) in [6.07, 6.45) is -0.0321. The van der Waals surface area contributed by atoms with Crippen molar-refractivity contribution in [1.29, 1.82) is 0 Å². The number of rotatable bonds is 3. The van der Waals surface area contributed by atoms with Crippen molar-refractivity contribution in [2.24, 2.45) is 5.84 Å². The van der Waals surface area contributed by atoms with E-state index in [0.29, 0.717) is 18.7 Å². The number of nitrogens with zero attached hydrogens (tertiary/aromatic N) is 2. The number of nitro groups is 1. The number of nitrogens with two attached hydrogens (primary N) is 1. The van der Waals surface area contributed by atoms with Crippen LogP contribution in [-0.4, -0.2) is 41.0 Å². The van der Waals surface area contributed by atoms with E-state index in [1.54, 1.807) is 4.90 Å². The molecule has 0 bridgehead atoms. The third kappa shape index (κ3) is 3.11. The fourth-order valence-corrected chi connectivity index (χ4v) is 2.30. The van der Waals surface area contributed by atoms with Crippen molar-refractivity contribution in [3.8, 4) is 0 Å². The number of anilines is 1. The van der Waals surface area contributed by atoms with Crippen LogP contribution in [0.25, 0.3) is 0 Å². The predicted octanol–water partition coefficient (Wildman–Crippen LogP) is 1.13. The molecule has 1 aromatic carbocycles. The first-order chi connectivity index (χ1) is 9.93. The molecule has 0 aliphatic carbocycles. The zero-order valence-corrected chi connectivity index (χ0v) is 11.9. The van der Waals surface area contributed by atoms with Crippen molar-refractivity contribution in [1.82, 2.24) is 4.90 Å². The van der Waals surface area contributed by atoms with Gasteiger partial charge in [-0.1, -0.05) is 0 Å². The number of nitrogens with one attached hydrogen (secondary N) is 1. The van der Waals surface area contributed by atoms with Gasteiger partial charge in [0.15, 0.2) is 0 Å². The SMILES string of the molecule is CC1CN(C(=O)c2ccc([N+](=O)[O-])c(NN)c2)C(C)CO1. The average molecular weight is 294 g/mol. The van der Waals surface area contributed by atoms with Gasteiger partial charge in [-0.2, -0.15) is 0 Å². The molecule has 0 saturated carbocycles. The molecule has 1 heterocycles. The first-order valence-electron chi connectivity index (χ1n) is 6.61. The van der Waals surface area contributed by atoms with Gasteiger partial charge in [0, 0.05) is 18.2 Å². The van der Waals surface area contributed by atoms with Crippen molar-refractivity contribution < 1.29 is 14.5 Å². The highest BCUT2D eigenvalue weighted by Crippen LogP contribution is 2.26. The summed E-state index contributed by atoms with van der Waals surface area (Å²) >= 11 is 0. The monoisotopic (exact) mass is 294 g/mol. The van der Waals surface area contributed by atoms with Gasteiger partial charge < -0.3 is 15.1 Å². The molecule has 0 radical (unpaired) electrons. The summed E-state index contributed by atoms with van der Waals surface area (Å²) in [5.41, 5.74) is 2.56. The van der Waals surface area contributed by atoms with Crippen LogP contribution in [-0.2, 0) is 4.74 Å². The maximum atomic E-state index is 12.5. The first-order valence-corrected chi connectivity index (χ1v) is 6.61. The summed E-state index contributed by atoms with van der Waals surface area (Å²) in [4.78, 5) is 24.5. The minimum Gasteiger partial charge on any atom is -0.375 e. The smallest absolute Gasteiger partial charge is 0.293 e. The quantitative estimate of drug-likeness (QED) is 0.491. The summed E-state index contributed by atoms with van der Waals surface area (Å²) in [6.45, 7) is 4.76. The van der Waals surface area contributed by atoms with E-state index in [1.807, 2.05) is 13.8 Å². The highest BCUT2D eigenvalue weighted by Gasteiger charge is 2.29. The lowest BCUT2D eigenvalue weighted by Gasteiger charge is -2.36. The second kappa shape index (κ2) is 6.06. The van der Waals surface area contributed by atoms with E-state index in [0.717, 1.165) is 0 Å². The van der Waals surface area contributed by atoms with Gasteiger partial charge in [0.1, 0.15) is 5.69 Å². The second-order valence-corrected chi connectivity index (χ2v) is 5.08. The van der Waals surface area contributed by atoms with Crippen molar-refractivity contribution in [2.75, 3.05) is 18.6 Å². The van der Waals surface area contributed by atoms with E-state index in [-0.39, 0.29) is 29.4 Å². The molecule has 2 unspecified atom stereocenters. The second-order valence-electron chi connectivity index (χ2n) is 5.08. The van der Waals surface area contributed by atoms with Crippen molar-refractivity contribution in [3.05, 3.63) is 33.9 Å². The number of nitro benzene ring substituents is 1. The summed E-state index contributed by atoms with van der Waals surface area (Å²) in [5.74, 6) is 5.10. The molecule has 1 aliphatic rings. The highest BCUT2D eigenvalue weighted by molar-refractivity contribution is 5.96. The number of hydrazine groups is 1. The Bertz CT molecular complexity index is 563. The van der Waals surface area contributed by atoms with Crippen LogP contribution in [0.1, 0.15) is 24.2 Å². The van der Waals surface area contributed by atoms with Gasteiger partial charge in [-0.15, -0.1) is 0 Å². The third-order valence-electron chi connectivity index (χ3n) is 3.46. The van der Waals surface area contributed by atoms with Gasteiger partial charge in [0.2, 0.25) is 0 Å². The third-order valence-corrected chi connectivity index (χ3v) is 3.46. The van der Waals surface area contributed by atoms with Gasteiger partial charge in [-0.3, -0.25) is 20.8 Å². The fraction of sp³-hybridized carbons (Fsp3) is 0.462. The molecule has 21 heavy (non-hydrogen) atoms.